The summed E-state index contributed by atoms with van der Waals surface area (Å²) < 4.78 is 13.5. The van der Waals surface area contributed by atoms with Crippen molar-refractivity contribution >= 4 is 42.7 Å². The molecule has 0 saturated heterocycles. The van der Waals surface area contributed by atoms with Crippen LogP contribution in [-0.4, -0.2) is 4.21 Å². The minimum atomic E-state index is -0.897. The van der Waals surface area contributed by atoms with Crippen LogP contribution in [0.1, 0.15) is 0 Å². The summed E-state index contributed by atoms with van der Waals surface area (Å²) in [6, 6.07) is 12.1. The van der Waals surface area contributed by atoms with Gasteiger partial charge in [0.25, 0.3) is 0 Å². The molecule has 2 aromatic rings. The van der Waals surface area contributed by atoms with E-state index >= 15 is 0 Å². The zero-order chi connectivity index (χ0) is 11.3. The van der Waals surface area contributed by atoms with E-state index < -0.39 is 10.8 Å². The van der Waals surface area contributed by atoms with Gasteiger partial charge in [0.05, 0.1) is 25.1 Å². The molecule has 1 nitrogen and oxygen atoms in total. The zero-order valence-electron chi connectivity index (χ0n) is 8.04. The fourth-order valence-corrected chi connectivity index (χ4v) is 4.41. The number of halogens is 2. The van der Waals surface area contributed by atoms with Gasteiger partial charge in [0, 0.05) is 4.47 Å². The summed E-state index contributed by atoms with van der Waals surface area (Å²) in [6.45, 7) is 0. The molecule has 2 aromatic carbocycles. The Balaban J connectivity index is 2.25. The SMILES string of the molecule is O=S1c2cc(-c3ccccc3)c(Br)c(Br)c21. The van der Waals surface area contributed by atoms with E-state index in [-0.39, 0.29) is 0 Å². The maximum Gasteiger partial charge on any atom is 0.0887 e. The van der Waals surface area contributed by atoms with Crippen LogP contribution < -0.4 is 0 Å². The molecular formula is C12H6Br2OS. The van der Waals surface area contributed by atoms with Gasteiger partial charge in [-0.1, -0.05) is 30.3 Å². The molecular weight excluding hydrogens is 352 g/mol. The Bertz CT molecular complexity index is 608. The molecule has 1 unspecified atom stereocenters. The van der Waals surface area contributed by atoms with E-state index in [0.29, 0.717) is 0 Å². The second-order valence-corrected chi connectivity index (χ2v) is 6.49. The van der Waals surface area contributed by atoms with Crippen molar-refractivity contribution in [2.75, 3.05) is 0 Å². The first-order valence-electron chi connectivity index (χ1n) is 4.69. The molecule has 0 N–H and O–H groups in total. The Labute approximate surface area is 113 Å². The van der Waals surface area contributed by atoms with Crippen molar-refractivity contribution < 1.29 is 4.21 Å². The van der Waals surface area contributed by atoms with E-state index in [0.717, 1.165) is 29.9 Å². The lowest BCUT2D eigenvalue weighted by Crippen LogP contribution is -1.79. The van der Waals surface area contributed by atoms with E-state index in [2.05, 4.69) is 31.9 Å². The van der Waals surface area contributed by atoms with Crippen molar-refractivity contribution in [1.82, 2.24) is 0 Å². The molecule has 0 aromatic heterocycles. The van der Waals surface area contributed by atoms with E-state index in [1.54, 1.807) is 0 Å². The van der Waals surface area contributed by atoms with E-state index in [4.69, 9.17) is 0 Å². The lowest BCUT2D eigenvalue weighted by atomic mass is 10.1. The van der Waals surface area contributed by atoms with Gasteiger partial charge in [0.1, 0.15) is 0 Å². The number of hydrogen-bond donors (Lipinski definition) is 0. The maximum atomic E-state index is 11.6. The molecule has 0 radical (unpaired) electrons. The van der Waals surface area contributed by atoms with Crippen LogP contribution in [0, 0.1) is 0 Å². The standard InChI is InChI=1S/C12H6Br2OS/c13-10-8(7-4-2-1-3-5-7)6-9-12(11(10)14)16(9)15/h1-6H. The molecule has 80 valence electrons. The number of benzene rings is 2. The van der Waals surface area contributed by atoms with Crippen molar-refractivity contribution in [1.29, 1.82) is 0 Å². The highest BCUT2D eigenvalue weighted by atomic mass is 79.9. The molecule has 4 heteroatoms. The van der Waals surface area contributed by atoms with Crippen molar-refractivity contribution in [3.63, 3.8) is 0 Å². The average molecular weight is 358 g/mol. The van der Waals surface area contributed by atoms with Gasteiger partial charge in [-0.3, -0.25) is 0 Å². The minimum Gasteiger partial charge on any atom is -0.249 e. The van der Waals surface area contributed by atoms with Crippen molar-refractivity contribution in [2.24, 2.45) is 0 Å². The number of rotatable bonds is 1. The third-order valence-electron chi connectivity index (χ3n) is 2.56. The summed E-state index contributed by atoms with van der Waals surface area (Å²) in [5, 5.41) is 0. The maximum absolute atomic E-state index is 11.6. The third kappa shape index (κ3) is 1.51. The van der Waals surface area contributed by atoms with Crippen LogP contribution in [0.3, 0.4) is 0 Å². The van der Waals surface area contributed by atoms with Gasteiger partial charge in [-0.05, 0) is 49.1 Å². The van der Waals surface area contributed by atoms with Crippen LogP contribution in [0.4, 0.5) is 0 Å². The molecule has 0 amide bonds. The monoisotopic (exact) mass is 356 g/mol. The van der Waals surface area contributed by atoms with E-state index in [9.17, 15) is 4.21 Å². The van der Waals surface area contributed by atoms with Gasteiger partial charge < -0.3 is 0 Å². The molecule has 1 heterocycles. The highest BCUT2D eigenvalue weighted by molar-refractivity contribution is 9.13. The van der Waals surface area contributed by atoms with Crippen LogP contribution in [0.15, 0.2) is 55.1 Å². The predicted molar refractivity (Wildman–Crippen MR) is 72.0 cm³/mol. The van der Waals surface area contributed by atoms with Crippen LogP contribution >= 0.6 is 31.9 Å². The van der Waals surface area contributed by atoms with Gasteiger partial charge in [0.15, 0.2) is 0 Å². The molecule has 1 atom stereocenters. The topological polar surface area (TPSA) is 17.1 Å². The first kappa shape index (κ1) is 10.7. The zero-order valence-corrected chi connectivity index (χ0v) is 12.0. The molecule has 1 aliphatic heterocycles. The Morgan fingerprint density at radius 2 is 1.69 bits per heavy atom. The Kier molecular flexibility index (Phi) is 2.53. The van der Waals surface area contributed by atoms with Crippen LogP contribution in [0.25, 0.3) is 11.1 Å². The number of fused-ring (bicyclic) bond motifs is 1. The Morgan fingerprint density at radius 3 is 2.38 bits per heavy atom. The lowest BCUT2D eigenvalue weighted by Gasteiger charge is -2.04. The summed E-state index contributed by atoms with van der Waals surface area (Å²) in [5.74, 6) is 0. The fourth-order valence-electron chi connectivity index (χ4n) is 1.70. The van der Waals surface area contributed by atoms with Gasteiger partial charge >= 0.3 is 0 Å². The fraction of sp³-hybridized carbons (Fsp3) is 0. The van der Waals surface area contributed by atoms with Crippen LogP contribution in [0.5, 0.6) is 0 Å². The largest absolute Gasteiger partial charge is 0.249 e. The summed E-state index contributed by atoms with van der Waals surface area (Å²) in [7, 11) is -0.897. The van der Waals surface area contributed by atoms with Crippen molar-refractivity contribution in [3.05, 3.63) is 45.3 Å². The molecule has 1 aliphatic rings. The first-order valence-corrected chi connectivity index (χ1v) is 7.43. The summed E-state index contributed by atoms with van der Waals surface area (Å²) in [4.78, 5) is 1.86. The molecule has 0 spiro atoms. The van der Waals surface area contributed by atoms with Gasteiger partial charge in [-0.15, -0.1) is 0 Å². The molecule has 16 heavy (non-hydrogen) atoms. The highest BCUT2D eigenvalue weighted by Crippen LogP contribution is 2.49. The van der Waals surface area contributed by atoms with Gasteiger partial charge in [-0.2, -0.15) is 0 Å². The van der Waals surface area contributed by atoms with E-state index in [1.165, 1.54) is 0 Å². The summed E-state index contributed by atoms with van der Waals surface area (Å²) in [6.07, 6.45) is 0. The molecule has 0 bridgehead atoms. The van der Waals surface area contributed by atoms with Gasteiger partial charge in [-0.25, -0.2) is 4.21 Å². The normalized spacial score (nSPS) is 17.0. The Hall–Kier alpha value is -0.450. The van der Waals surface area contributed by atoms with Crippen molar-refractivity contribution in [2.45, 2.75) is 9.79 Å². The summed E-state index contributed by atoms with van der Waals surface area (Å²) in [5.41, 5.74) is 2.21. The first-order chi connectivity index (χ1) is 7.70. The lowest BCUT2D eigenvalue weighted by molar-refractivity contribution is 0.692. The van der Waals surface area contributed by atoms with Crippen LogP contribution in [0.2, 0.25) is 0 Å². The molecule has 3 rings (SSSR count). The molecule has 0 saturated carbocycles. The highest BCUT2D eigenvalue weighted by Gasteiger charge is 2.34. The average Bonchev–Trinajstić information content (AvgIpc) is 2.96. The molecule has 0 aliphatic carbocycles. The predicted octanol–water partition coefficient (Wildman–Crippen LogP) is 4.36. The van der Waals surface area contributed by atoms with E-state index in [1.807, 2.05) is 36.4 Å². The Morgan fingerprint density at radius 1 is 1.00 bits per heavy atom. The number of hydrogen-bond acceptors (Lipinski definition) is 1. The minimum absolute atomic E-state index is 0.897. The second kappa shape index (κ2) is 3.79. The second-order valence-electron chi connectivity index (χ2n) is 3.51. The molecule has 0 fully saturated rings. The van der Waals surface area contributed by atoms with Gasteiger partial charge in [0.2, 0.25) is 0 Å². The van der Waals surface area contributed by atoms with Crippen LogP contribution in [-0.2, 0) is 10.8 Å². The van der Waals surface area contributed by atoms with Crippen molar-refractivity contribution in [3.8, 4) is 11.1 Å². The summed E-state index contributed by atoms with van der Waals surface area (Å²) >= 11 is 7.03. The smallest absolute Gasteiger partial charge is 0.0887 e. The third-order valence-corrected chi connectivity index (χ3v) is 6.28. The quantitative estimate of drug-likeness (QED) is 0.591.